The minimum Gasteiger partial charge on any atom is -0.358 e. The number of hydrogen-bond donors (Lipinski definition) is 6. The zero-order chi connectivity index (χ0) is 30.5. The number of amides is 4. The number of nitrogens with one attached hydrogen (secondary N) is 2. The summed E-state index contributed by atoms with van der Waals surface area (Å²) in [6.07, 6.45) is -2.32. The number of halogens is 4. The molecule has 10 N–H and O–H groups in total. The van der Waals surface area contributed by atoms with E-state index in [1.165, 1.54) is 18.3 Å². The summed E-state index contributed by atoms with van der Waals surface area (Å²) in [6.45, 7) is 0. The number of carbonyl (C=O) groups is 2. The molecule has 4 aromatic rings. The summed E-state index contributed by atoms with van der Waals surface area (Å²) in [5.41, 5.74) is 7.98. The highest BCUT2D eigenvalue weighted by Crippen LogP contribution is 2.44. The highest BCUT2D eigenvalue weighted by atomic mass is 35.5. The van der Waals surface area contributed by atoms with Crippen LogP contribution < -0.4 is 44.0 Å². The monoisotopic (exact) mass is 607 g/mol. The van der Waals surface area contributed by atoms with Crippen LogP contribution in [0.5, 0.6) is 0 Å². The van der Waals surface area contributed by atoms with Gasteiger partial charge in [0.05, 0.1) is 28.7 Å². The molecule has 220 valence electrons. The smallest absolute Gasteiger partial charge is 0.358 e. The van der Waals surface area contributed by atoms with Crippen molar-refractivity contribution in [1.82, 2.24) is 29.7 Å². The van der Waals surface area contributed by atoms with E-state index in [0.29, 0.717) is 22.9 Å². The number of nitrogens with two attached hydrogens (primary N) is 4. The van der Waals surface area contributed by atoms with Crippen molar-refractivity contribution < 1.29 is 22.8 Å². The van der Waals surface area contributed by atoms with Gasteiger partial charge in [-0.05, 0) is 30.9 Å². The van der Waals surface area contributed by atoms with E-state index in [4.69, 9.17) is 34.8 Å². The number of nitrogens with zero attached hydrogens (tertiary/aromatic N) is 7. The number of primary amides is 2. The van der Waals surface area contributed by atoms with Gasteiger partial charge in [-0.25, -0.2) is 35.8 Å². The number of H-pyrrole nitrogens is 1. The molecule has 0 bridgehead atoms. The maximum Gasteiger partial charge on any atom is 0.418 e. The van der Waals surface area contributed by atoms with Gasteiger partial charge in [-0.3, -0.25) is 9.89 Å². The third kappa shape index (κ3) is 5.10. The van der Waals surface area contributed by atoms with Crippen molar-refractivity contribution >= 4 is 52.2 Å². The van der Waals surface area contributed by atoms with Crippen LogP contribution in [0.3, 0.4) is 0 Å². The van der Waals surface area contributed by atoms with Crippen molar-refractivity contribution in [3.63, 3.8) is 0 Å². The average molecular weight is 608 g/mol. The first kappa shape index (κ1) is 28.5. The average Bonchev–Trinajstić information content (AvgIpc) is 3.63. The molecular formula is C22H21ClF3N13O3. The van der Waals surface area contributed by atoms with Gasteiger partial charge in [0.1, 0.15) is 16.7 Å². The Hall–Kier alpha value is -5.01. The van der Waals surface area contributed by atoms with Crippen LogP contribution in [0.2, 0.25) is 5.02 Å². The van der Waals surface area contributed by atoms with Crippen LogP contribution in [0.25, 0.3) is 16.7 Å². The number of para-hydroxylation sites is 1. The molecule has 20 heteroatoms. The summed E-state index contributed by atoms with van der Waals surface area (Å²) >= 11 is 6.47. The van der Waals surface area contributed by atoms with Crippen molar-refractivity contribution in [3.05, 3.63) is 57.2 Å². The third-order valence-electron chi connectivity index (χ3n) is 6.36. The van der Waals surface area contributed by atoms with Gasteiger partial charge in [0, 0.05) is 6.07 Å². The number of hydrogen-bond acceptors (Lipinski definition) is 10. The molecule has 5 rings (SSSR count). The molecule has 0 aliphatic heterocycles. The fourth-order valence-electron chi connectivity index (χ4n) is 4.23. The largest absolute Gasteiger partial charge is 0.418 e. The van der Waals surface area contributed by atoms with Gasteiger partial charge in [-0.15, -0.1) is 0 Å². The van der Waals surface area contributed by atoms with Crippen molar-refractivity contribution in [2.75, 3.05) is 15.3 Å². The summed E-state index contributed by atoms with van der Waals surface area (Å²) in [5.74, 6) is 9.72. The molecule has 1 saturated carbocycles. The van der Waals surface area contributed by atoms with E-state index in [1.807, 2.05) is 0 Å². The number of fused-ring (bicyclic) bond motifs is 1. The fourth-order valence-corrected chi connectivity index (χ4v) is 4.46. The Morgan fingerprint density at radius 3 is 2.36 bits per heavy atom. The number of rotatable bonds is 7. The number of aromatic amines is 1. The Balaban J connectivity index is 1.76. The van der Waals surface area contributed by atoms with Crippen molar-refractivity contribution in [3.8, 4) is 5.82 Å². The van der Waals surface area contributed by atoms with Crippen LogP contribution in [0, 0.1) is 5.92 Å². The van der Waals surface area contributed by atoms with Crippen LogP contribution in [0.15, 0.2) is 35.3 Å². The standard InChI is InChI=1S/C22H21ClF3N13O3/c23-12-15(34-21(39(30)20(28)42)35-16(12)38(29)19(27)41)32-13(8-4-5-8)17-33-14-9(2-1-3-10(14)22(24,25)26)18(40)37(17)11-6-7-31-36-11/h1-3,6-8,13H,4-5,29-30H2,(H2,27,41)(H2,28,42)(H,31,36)(H,32,34,35)/t13-/m0/s1. The molecule has 1 fully saturated rings. The lowest BCUT2D eigenvalue weighted by molar-refractivity contribution is -0.136. The number of hydrazine groups is 2. The normalized spacial score (nSPS) is 14.0. The number of urea groups is 2. The molecule has 0 saturated heterocycles. The van der Waals surface area contributed by atoms with Crippen LogP contribution >= 0.6 is 11.6 Å². The fraction of sp³-hybridized carbons (Fsp3) is 0.227. The summed E-state index contributed by atoms with van der Waals surface area (Å²) in [5, 5.41) is 9.45. The zero-order valence-corrected chi connectivity index (χ0v) is 21.9. The number of carbonyl (C=O) groups excluding carboxylic acids is 2. The Bertz CT molecular complexity index is 1760. The second-order valence-electron chi connectivity index (χ2n) is 9.14. The van der Waals surface area contributed by atoms with Gasteiger partial charge in [0.2, 0.25) is 0 Å². The van der Waals surface area contributed by atoms with E-state index in [-0.39, 0.29) is 33.8 Å². The van der Waals surface area contributed by atoms with E-state index >= 15 is 0 Å². The Kier molecular flexibility index (Phi) is 7.08. The third-order valence-corrected chi connectivity index (χ3v) is 6.71. The van der Waals surface area contributed by atoms with Crippen molar-refractivity contribution in [1.29, 1.82) is 0 Å². The molecule has 1 aliphatic carbocycles. The highest BCUT2D eigenvalue weighted by Gasteiger charge is 2.39. The molecule has 3 aromatic heterocycles. The van der Waals surface area contributed by atoms with E-state index in [0.717, 1.165) is 16.7 Å². The summed E-state index contributed by atoms with van der Waals surface area (Å²) in [4.78, 5) is 49.5. The van der Waals surface area contributed by atoms with Crippen LogP contribution in [-0.4, -0.2) is 41.8 Å². The summed E-state index contributed by atoms with van der Waals surface area (Å²) in [6, 6.07) is 1.19. The first-order valence-corrected chi connectivity index (χ1v) is 12.3. The van der Waals surface area contributed by atoms with Gasteiger partial charge >= 0.3 is 18.2 Å². The molecule has 3 heterocycles. The Morgan fingerprint density at radius 2 is 1.79 bits per heavy atom. The number of anilines is 3. The number of aromatic nitrogens is 6. The SMILES string of the molecule is NC(=O)N(N)c1nc(N[C@H](c2nc3c(C(F)(F)F)cccc3c(=O)n2-c2ccn[nH]2)C2CC2)c(Cl)c(N(N)C(N)=O)n1. The van der Waals surface area contributed by atoms with E-state index in [2.05, 4.69) is 30.5 Å². The number of alkyl halides is 3. The molecule has 1 atom stereocenters. The first-order chi connectivity index (χ1) is 19.8. The summed E-state index contributed by atoms with van der Waals surface area (Å²) in [7, 11) is 0. The Labute approximate surface area is 237 Å². The van der Waals surface area contributed by atoms with Crippen LogP contribution in [0.1, 0.15) is 30.3 Å². The van der Waals surface area contributed by atoms with Gasteiger partial charge in [0.15, 0.2) is 11.6 Å². The lowest BCUT2D eigenvalue weighted by Gasteiger charge is -2.25. The number of benzene rings is 1. The first-order valence-electron chi connectivity index (χ1n) is 11.9. The second kappa shape index (κ2) is 10.4. The van der Waals surface area contributed by atoms with Gasteiger partial charge in [0.25, 0.3) is 11.5 Å². The van der Waals surface area contributed by atoms with Gasteiger partial charge in [-0.1, -0.05) is 17.7 Å². The molecule has 0 spiro atoms. The molecule has 0 radical (unpaired) electrons. The quantitative estimate of drug-likeness (QED) is 0.101. The van der Waals surface area contributed by atoms with E-state index < -0.39 is 52.7 Å². The van der Waals surface area contributed by atoms with Crippen LogP contribution in [-0.2, 0) is 6.18 Å². The molecule has 1 aliphatic rings. The zero-order valence-electron chi connectivity index (χ0n) is 21.1. The lowest BCUT2D eigenvalue weighted by Crippen LogP contribution is -2.45. The maximum atomic E-state index is 14.0. The molecule has 42 heavy (non-hydrogen) atoms. The van der Waals surface area contributed by atoms with Crippen molar-refractivity contribution in [2.45, 2.75) is 25.1 Å². The van der Waals surface area contributed by atoms with Gasteiger partial charge < -0.3 is 16.8 Å². The Morgan fingerprint density at radius 1 is 1.10 bits per heavy atom. The van der Waals surface area contributed by atoms with E-state index in [9.17, 15) is 27.6 Å². The molecule has 4 amide bonds. The predicted molar refractivity (Wildman–Crippen MR) is 143 cm³/mol. The molecular weight excluding hydrogens is 587 g/mol. The minimum absolute atomic E-state index is 0.119. The van der Waals surface area contributed by atoms with Crippen molar-refractivity contribution in [2.24, 2.45) is 29.1 Å². The highest BCUT2D eigenvalue weighted by molar-refractivity contribution is 6.35. The van der Waals surface area contributed by atoms with Crippen LogP contribution in [0.4, 0.5) is 40.3 Å². The lowest BCUT2D eigenvalue weighted by atomic mass is 10.1. The molecule has 1 aromatic carbocycles. The predicted octanol–water partition coefficient (Wildman–Crippen LogP) is 1.65. The topological polar surface area (TPSA) is 246 Å². The second-order valence-corrected chi connectivity index (χ2v) is 9.52. The maximum absolute atomic E-state index is 14.0. The van der Waals surface area contributed by atoms with Gasteiger partial charge in [-0.2, -0.15) is 33.2 Å². The minimum atomic E-state index is -4.82. The van der Waals surface area contributed by atoms with E-state index in [1.54, 1.807) is 0 Å². The molecule has 16 nitrogen and oxygen atoms in total. The molecule has 0 unspecified atom stereocenters. The summed E-state index contributed by atoms with van der Waals surface area (Å²) < 4.78 is 43.0.